The van der Waals surface area contributed by atoms with Crippen LogP contribution in [0.25, 0.3) is 0 Å². The first-order chi connectivity index (χ1) is 7.60. The number of hydrogen-bond donors (Lipinski definition) is 0. The summed E-state index contributed by atoms with van der Waals surface area (Å²) in [6.45, 7) is 5.77. The van der Waals surface area contributed by atoms with Crippen LogP contribution in [0, 0.1) is 0 Å². The van der Waals surface area contributed by atoms with Crippen LogP contribution in [0.15, 0.2) is 0 Å². The quantitative estimate of drug-likeness (QED) is 0.431. The molecular formula is C8H12Cl6O3P+. The monoisotopic (exact) mass is 397 g/mol. The molecule has 0 atom stereocenters. The Bertz CT molecular complexity index is 290. The molecule has 0 aromatic rings. The van der Waals surface area contributed by atoms with Crippen molar-refractivity contribution in [1.29, 1.82) is 0 Å². The molecule has 0 amide bonds. The maximum absolute atomic E-state index is 11.7. The second-order valence-electron chi connectivity index (χ2n) is 4.42. The van der Waals surface area contributed by atoms with Crippen LogP contribution in [-0.4, -0.2) is 18.8 Å². The first-order valence-electron chi connectivity index (χ1n) is 4.59. The summed E-state index contributed by atoms with van der Waals surface area (Å²) in [5, 5.41) is 0. The minimum absolute atomic E-state index is 1.34. The number of alkyl halides is 6. The van der Waals surface area contributed by atoms with Crippen LogP contribution in [0.4, 0.5) is 0 Å². The molecule has 0 aliphatic heterocycles. The summed E-state index contributed by atoms with van der Waals surface area (Å²) in [6.07, 6.45) is 0. The predicted octanol–water partition coefficient (Wildman–Crippen LogP) is 5.97. The van der Waals surface area contributed by atoms with Gasteiger partial charge in [0.25, 0.3) is 0 Å². The molecule has 108 valence electrons. The van der Waals surface area contributed by atoms with Crippen LogP contribution in [0.5, 0.6) is 0 Å². The molecule has 0 fully saturated rings. The highest BCUT2D eigenvalue weighted by atomic mass is 35.6. The Balaban J connectivity index is 4.75. The first-order valence-corrected chi connectivity index (χ1v) is 7.95. The maximum Gasteiger partial charge on any atom is 0.698 e. The molecule has 0 aromatic carbocycles. The van der Waals surface area contributed by atoms with E-state index in [4.69, 9.17) is 78.7 Å². The summed E-state index contributed by atoms with van der Waals surface area (Å²) >= 11 is 34.0. The van der Waals surface area contributed by atoms with Gasteiger partial charge in [0.15, 0.2) is 11.2 Å². The van der Waals surface area contributed by atoms with Crippen molar-refractivity contribution in [2.75, 3.05) is 0 Å². The normalized spacial score (nSPS) is 14.8. The van der Waals surface area contributed by atoms with Crippen molar-refractivity contribution >= 4 is 77.9 Å². The molecule has 18 heavy (non-hydrogen) atoms. The molecular weight excluding hydrogens is 388 g/mol. The molecule has 0 unspecified atom stereocenters. The van der Waals surface area contributed by atoms with Crippen LogP contribution in [0.3, 0.4) is 0 Å². The summed E-state index contributed by atoms with van der Waals surface area (Å²) in [5.41, 5.74) is -2.68. The van der Waals surface area contributed by atoms with Crippen molar-refractivity contribution < 1.29 is 13.6 Å². The minimum Gasteiger partial charge on any atom is -0.108 e. The number of halogens is 6. The lowest BCUT2D eigenvalue weighted by atomic mass is 10.2. The van der Waals surface area contributed by atoms with E-state index in [0.717, 1.165) is 0 Å². The molecule has 0 aliphatic rings. The molecule has 3 nitrogen and oxygen atoms in total. The highest BCUT2D eigenvalue weighted by molar-refractivity contribution is 7.33. The third-order valence-corrected chi connectivity index (χ3v) is 5.91. The van der Waals surface area contributed by atoms with Crippen LogP contribution >= 0.6 is 77.9 Å². The number of hydrogen-bond acceptors (Lipinski definition) is 3. The fraction of sp³-hybridized carbons (Fsp3) is 1.00. The molecule has 0 saturated heterocycles. The van der Waals surface area contributed by atoms with Crippen LogP contribution in [0.2, 0.25) is 0 Å². The largest absolute Gasteiger partial charge is 0.698 e. The van der Waals surface area contributed by atoms with E-state index in [0.29, 0.717) is 0 Å². The van der Waals surface area contributed by atoms with Gasteiger partial charge in [0.2, 0.25) is 7.59 Å². The van der Waals surface area contributed by atoms with Gasteiger partial charge in [-0.25, -0.2) is 0 Å². The highest BCUT2D eigenvalue weighted by Gasteiger charge is 2.54. The Morgan fingerprint density at radius 3 is 1.11 bits per heavy atom. The van der Waals surface area contributed by atoms with Gasteiger partial charge < -0.3 is 0 Å². The maximum atomic E-state index is 11.7. The van der Waals surface area contributed by atoms with Gasteiger partial charge in [0.1, 0.15) is 0 Å². The molecule has 0 radical (unpaired) electrons. The summed E-state index contributed by atoms with van der Waals surface area (Å²) in [6, 6.07) is 0. The van der Waals surface area contributed by atoms with E-state index in [1.165, 1.54) is 27.7 Å². The fourth-order valence-electron chi connectivity index (χ4n) is 0.495. The van der Waals surface area contributed by atoms with E-state index in [9.17, 15) is 4.57 Å². The van der Waals surface area contributed by atoms with Crippen molar-refractivity contribution in [2.45, 2.75) is 46.5 Å². The smallest absolute Gasteiger partial charge is 0.108 e. The van der Waals surface area contributed by atoms with Crippen LogP contribution in [0.1, 0.15) is 27.7 Å². The molecule has 0 N–H and O–H groups in total. The van der Waals surface area contributed by atoms with Gasteiger partial charge in [-0.3, -0.25) is 0 Å². The molecule has 0 spiro atoms. The molecule has 0 heterocycles. The topological polar surface area (TPSA) is 35.5 Å². The Morgan fingerprint density at radius 1 is 0.722 bits per heavy atom. The zero-order chi connectivity index (χ0) is 15.0. The Hall–Kier alpha value is 1.76. The van der Waals surface area contributed by atoms with Gasteiger partial charge in [-0.1, -0.05) is 69.6 Å². The summed E-state index contributed by atoms with van der Waals surface area (Å²) in [5.74, 6) is 0. The highest BCUT2D eigenvalue weighted by Crippen LogP contribution is 2.50. The van der Waals surface area contributed by atoms with E-state index >= 15 is 0 Å². The summed E-state index contributed by atoms with van der Waals surface area (Å²) in [7, 11) is -2.64. The minimum atomic E-state index is -2.64. The van der Waals surface area contributed by atoms with Crippen molar-refractivity contribution in [3.63, 3.8) is 0 Å². The van der Waals surface area contributed by atoms with Crippen molar-refractivity contribution in [3.05, 3.63) is 0 Å². The van der Waals surface area contributed by atoms with Crippen molar-refractivity contribution in [1.82, 2.24) is 0 Å². The van der Waals surface area contributed by atoms with Gasteiger partial charge in [-0.2, -0.15) is 0 Å². The second kappa shape index (κ2) is 6.25. The summed E-state index contributed by atoms with van der Waals surface area (Å²) < 4.78 is 18.2. The zero-order valence-corrected chi connectivity index (χ0v) is 15.4. The van der Waals surface area contributed by atoms with Gasteiger partial charge in [-0.15, -0.1) is 9.05 Å². The van der Waals surface area contributed by atoms with E-state index in [-0.39, 0.29) is 0 Å². The van der Waals surface area contributed by atoms with Crippen LogP contribution in [-0.2, 0) is 13.6 Å². The molecule has 0 aliphatic carbocycles. The third kappa shape index (κ3) is 5.63. The van der Waals surface area contributed by atoms with Gasteiger partial charge in [0.05, 0.1) is 0 Å². The Kier molecular flexibility index (Phi) is 6.87. The molecule has 0 rings (SSSR count). The van der Waals surface area contributed by atoms with E-state index in [2.05, 4.69) is 0 Å². The lowest BCUT2D eigenvalue weighted by Crippen LogP contribution is -2.40. The predicted molar refractivity (Wildman–Crippen MR) is 78.5 cm³/mol. The lowest BCUT2D eigenvalue weighted by molar-refractivity contribution is 0.0488. The zero-order valence-electron chi connectivity index (χ0n) is 9.94. The van der Waals surface area contributed by atoms with E-state index < -0.39 is 27.0 Å². The van der Waals surface area contributed by atoms with E-state index in [1.807, 2.05) is 0 Å². The Morgan fingerprint density at radius 2 is 0.944 bits per heavy atom. The molecule has 0 aromatic heterocycles. The second-order valence-corrected chi connectivity index (χ2v) is 9.80. The van der Waals surface area contributed by atoms with E-state index in [1.54, 1.807) is 0 Å². The molecule has 0 bridgehead atoms. The van der Waals surface area contributed by atoms with Crippen molar-refractivity contribution in [3.8, 4) is 0 Å². The molecule has 0 saturated carbocycles. The van der Waals surface area contributed by atoms with Crippen molar-refractivity contribution in [2.24, 2.45) is 0 Å². The van der Waals surface area contributed by atoms with Gasteiger partial charge in [0, 0.05) is 4.57 Å². The standard InChI is InChI=1S/C8H12Cl6O3P/c1-5(2,7(9,10)11)16-18(15)17-6(3,4)8(12,13)14/h1-4H3/q+1. The molecule has 10 heteroatoms. The average Bonchev–Trinajstić information content (AvgIpc) is 1.95. The third-order valence-electron chi connectivity index (χ3n) is 1.97. The number of rotatable bonds is 4. The lowest BCUT2D eigenvalue weighted by Gasteiger charge is -2.28. The Labute approximate surface area is 137 Å². The average molecular weight is 400 g/mol. The SMILES string of the molecule is CC(C)(O[P+](=O)OC(C)(C)C(Cl)(Cl)Cl)C(Cl)(Cl)Cl. The summed E-state index contributed by atoms with van der Waals surface area (Å²) in [4.78, 5) is 0. The first kappa shape index (κ1) is 19.8. The fourth-order valence-corrected chi connectivity index (χ4v) is 2.11. The van der Waals surface area contributed by atoms with Crippen LogP contribution < -0.4 is 0 Å². The van der Waals surface area contributed by atoms with Gasteiger partial charge >= 0.3 is 8.25 Å². The van der Waals surface area contributed by atoms with Gasteiger partial charge in [-0.05, 0) is 27.7 Å².